The Balaban J connectivity index is 2.42. The third-order valence-electron chi connectivity index (χ3n) is 1.79. The first kappa shape index (κ1) is 8.62. The van der Waals surface area contributed by atoms with Crippen molar-refractivity contribution < 1.29 is 4.74 Å². The van der Waals surface area contributed by atoms with Crippen LogP contribution in [0.15, 0.2) is 36.9 Å². The zero-order valence-corrected chi connectivity index (χ0v) is 7.71. The van der Waals surface area contributed by atoms with E-state index >= 15 is 0 Å². The van der Waals surface area contributed by atoms with Gasteiger partial charge in [0, 0.05) is 24.0 Å². The summed E-state index contributed by atoms with van der Waals surface area (Å²) in [5.41, 5.74) is 1.69. The first-order chi connectivity index (χ1) is 6.90. The van der Waals surface area contributed by atoms with Crippen molar-refractivity contribution in [3.63, 3.8) is 0 Å². The lowest BCUT2D eigenvalue weighted by atomic mass is 10.2. The predicted octanol–water partition coefficient (Wildman–Crippen LogP) is 1.55. The number of methoxy groups -OCH3 is 1. The molecular weight excluding hydrogens is 178 g/mol. The standard InChI is InChI=1S/C10H9N3O/c1-14-10-4-2-3-9(13-10)8-5-11-7-12-6-8/h2-7H,1H3. The van der Waals surface area contributed by atoms with Gasteiger partial charge in [0.15, 0.2) is 0 Å². The molecule has 70 valence electrons. The molecule has 0 saturated carbocycles. The molecule has 4 nitrogen and oxygen atoms in total. The van der Waals surface area contributed by atoms with Gasteiger partial charge in [0.1, 0.15) is 6.33 Å². The highest BCUT2D eigenvalue weighted by Crippen LogP contribution is 2.17. The summed E-state index contributed by atoms with van der Waals surface area (Å²) >= 11 is 0. The maximum absolute atomic E-state index is 5.02. The molecule has 0 fully saturated rings. The predicted molar refractivity (Wildman–Crippen MR) is 51.8 cm³/mol. The SMILES string of the molecule is COc1cccc(-c2cncnc2)n1. The van der Waals surface area contributed by atoms with Crippen molar-refractivity contribution in [1.29, 1.82) is 0 Å². The quantitative estimate of drug-likeness (QED) is 0.715. The van der Waals surface area contributed by atoms with Crippen molar-refractivity contribution >= 4 is 0 Å². The third-order valence-corrected chi connectivity index (χ3v) is 1.79. The summed E-state index contributed by atoms with van der Waals surface area (Å²) in [7, 11) is 1.59. The molecule has 14 heavy (non-hydrogen) atoms. The highest BCUT2D eigenvalue weighted by molar-refractivity contribution is 5.56. The van der Waals surface area contributed by atoms with E-state index in [1.54, 1.807) is 25.6 Å². The molecule has 0 aliphatic rings. The fraction of sp³-hybridized carbons (Fsp3) is 0.100. The summed E-state index contributed by atoms with van der Waals surface area (Å²) < 4.78 is 5.02. The number of nitrogens with zero attached hydrogens (tertiary/aromatic N) is 3. The van der Waals surface area contributed by atoms with Crippen molar-refractivity contribution in [3.8, 4) is 17.1 Å². The fourth-order valence-electron chi connectivity index (χ4n) is 1.12. The molecule has 4 heteroatoms. The van der Waals surface area contributed by atoms with Gasteiger partial charge in [0.2, 0.25) is 5.88 Å². The zero-order chi connectivity index (χ0) is 9.80. The minimum Gasteiger partial charge on any atom is -0.481 e. The van der Waals surface area contributed by atoms with Gasteiger partial charge in [-0.2, -0.15) is 0 Å². The van der Waals surface area contributed by atoms with Crippen LogP contribution in [0.4, 0.5) is 0 Å². The maximum atomic E-state index is 5.02. The van der Waals surface area contributed by atoms with Crippen LogP contribution in [0.5, 0.6) is 5.88 Å². The molecule has 0 unspecified atom stereocenters. The second-order valence-corrected chi connectivity index (χ2v) is 2.69. The summed E-state index contributed by atoms with van der Waals surface area (Å²) in [6.07, 6.45) is 4.92. The normalized spacial score (nSPS) is 9.79. The maximum Gasteiger partial charge on any atom is 0.213 e. The van der Waals surface area contributed by atoms with Gasteiger partial charge in [-0.3, -0.25) is 0 Å². The van der Waals surface area contributed by atoms with Gasteiger partial charge < -0.3 is 4.74 Å². The van der Waals surface area contributed by atoms with Crippen molar-refractivity contribution in [2.45, 2.75) is 0 Å². The molecule has 2 heterocycles. The smallest absolute Gasteiger partial charge is 0.213 e. The average molecular weight is 187 g/mol. The van der Waals surface area contributed by atoms with Gasteiger partial charge in [0.05, 0.1) is 12.8 Å². The molecule has 0 spiro atoms. The van der Waals surface area contributed by atoms with Crippen LogP contribution in [0.25, 0.3) is 11.3 Å². The molecule has 0 aromatic carbocycles. The summed E-state index contributed by atoms with van der Waals surface area (Å²) in [4.78, 5) is 12.1. The largest absolute Gasteiger partial charge is 0.481 e. The van der Waals surface area contributed by atoms with Crippen LogP contribution in [-0.2, 0) is 0 Å². The third kappa shape index (κ3) is 1.69. The van der Waals surface area contributed by atoms with Crippen molar-refractivity contribution in [1.82, 2.24) is 15.0 Å². The van der Waals surface area contributed by atoms with E-state index in [9.17, 15) is 0 Å². The number of pyridine rings is 1. The lowest BCUT2D eigenvalue weighted by Gasteiger charge is -2.01. The van der Waals surface area contributed by atoms with Crippen LogP contribution in [0.2, 0.25) is 0 Å². The van der Waals surface area contributed by atoms with E-state index in [4.69, 9.17) is 4.74 Å². The Morgan fingerprint density at radius 2 is 1.93 bits per heavy atom. The molecule has 0 aliphatic heterocycles. The number of aromatic nitrogens is 3. The van der Waals surface area contributed by atoms with Gasteiger partial charge >= 0.3 is 0 Å². The molecular formula is C10H9N3O. The minimum atomic E-state index is 0.589. The number of ether oxygens (including phenoxy) is 1. The van der Waals surface area contributed by atoms with Crippen LogP contribution in [0, 0.1) is 0 Å². The van der Waals surface area contributed by atoms with E-state index in [0.717, 1.165) is 11.3 Å². The number of hydrogen-bond acceptors (Lipinski definition) is 4. The second kappa shape index (κ2) is 3.83. The van der Waals surface area contributed by atoms with Gasteiger partial charge in [-0.1, -0.05) is 6.07 Å². The molecule has 0 bridgehead atoms. The Hall–Kier alpha value is -1.97. The number of hydrogen-bond donors (Lipinski definition) is 0. The highest BCUT2D eigenvalue weighted by Gasteiger charge is 2.00. The Morgan fingerprint density at radius 1 is 1.14 bits per heavy atom. The van der Waals surface area contributed by atoms with E-state index in [0.29, 0.717) is 5.88 Å². The van der Waals surface area contributed by atoms with Gasteiger partial charge in [0.25, 0.3) is 0 Å². The summed E-state index contributed by atoms with van der Waals surface area (Å²) in [5, 5.41) is 0. The van der Waals surface area contributed by atoms with E-state index in [2.05, 4.69) is 15.0 Å². The van der Waals surface area contributed by atoms with Crippen molar-refractivity contribution in [3.05, 3.63) is 36.9 Å². The van der Waals surface area contributed by atoms with Gasteiger partial charge in [-0.05, 0) is 6.07 Å². The van der Waals surface area contributed by atoms with Crippen LogP contribution < -0.4 is 4.74 Å². The summed E-state index contributed by atoms with van der Waals surface area (Å²) in [6.45, 7) is 0. The average Bonchev–Trinajstić information content (AvgIpc) is 2.30. The molecule has 2 aromatic rings. The first-order valence-corrected chi connectivity index (χ1v) is 4.16. The van der Waals surface area contributed by atoms with Gasteiger partial charge in [-0.25, -0.2) is 15.0 Å². The molecule has 0 amide bonds. The highest BCUT2D eigenvalue weighted by atomic mass is 16.5. The first-order valence-electron chi connectivity index (χ1n) is 4.16. The van der Waals surface area contributed by atoms with Crippen LogP contribution in [0.3, 0.4) is 0 Å². The van der Waals surface area contributed by atoms with E-state index < -0.39 is 0 Å². The minimum absolute atomic E-state index is 0.589. The molecule has 0 saturated heterocycles. The van der Waals surface area contributed by atoms with Crippen LogP contribution >= 0.6 is 0 Å². The van der Waals surface area contributed by atoms with Crippen LogP contribution in [-0.4, -0.2) is 22.1 Å². The van der Waals surface area contributed by atoms with Gasteiger partial charge in [-0.15, -0.1) is 0 Å². The summed E-state index contributed by atoms with van der Waals surface area (Å²) in [5.74, 6) is 0.589. The zero-order valence-electron chi connectivity index (χ0n) is 7.71. The number of rotatable bonds is 2. The van der Waals surface area contributed by atoms with Crippen molar-refractivity contribution in [2.24, 2.45) is 0 Å². The van der Waals surface area contributed by atoms with E-state index in [1.807, 2.05) is 12.1 Å². The Bertz CT molecular complexity index is 417. The van der Waals surface area contributed by atoms with E-state index in [-0.39, 0.29) is 0 Å². The second-order valence-electron chi connectivity index (χ2n) is 2.69. The molecule has 0 radical (unpaired) electrons. The lowest BCUT2D eigenvalue weighted by Crippen LogP contribution is -1.90. The van der Waals surface area contributed by atoms with Crippen LogP contribution in [0.1, 0.15) is 0 Å². The van der Waals surface area contributed by atoms with Crippen molar-refractivity contribution in [2.75, 3.05) is 7.11 Å². The molecule has 0 N–H and O–H groups in total. The molecule has 2 aromatic heterocycles. The topological polar surface area (TPSA) is 47.9 Å². The Labute approximate surface area is 81.6 Å². The molecule has 0 atom stereocenters. The Morgan fingerprint density at radius 3 is 2.64 bits per heavy atom. The summed E-state index contributed by atoms with van der Waals surface area (Å²) in [6, 6.07) is 5.57. The molecule has 0 aliphatic carbocycles. The Kier molecular flexibility index (Phi) is 2.36. The fourth-order valence-corrected chi connectivity index (χ4v) is 1.12. The lowest BCUT2D eigenvalue weighted by molar-refractivity contribution is 0.398. The van der Waals surface area contributed by atoms with E-state index in [1.165, 1.54) is 6.33 Å². The molecule has 2 rings (SSSR count). The monoisotopic (exact) mass is 187 g/mol.